The highest BCUT2D eigenvalue weighted by atomic mass is 16.3. The summed E-state index contributed by atoms with van der Waals surface area (Å²) in [7, 11) is 0. The van der Waals surface area contributed by atoms with Gasteiger partial charge in [-0.05, 0) is 37.8 Å². The van der Waals surface area contributed by atoms with Crippen LogP contribution in [0.4, 0.5) is 4.79 Å². The van der Waals surface area contributed by atoms with Crippen LogP contribution in [0.3, 0.4) is 0 Å². The number of furan rings is 1. The largest absolute Gasteiger partial charge is 0.459 e. The van der Waals surface area contributed by atoms with Crippen molar-refractivity contribution in [3.63, 3.8) is 0 Å². The van der Waals surface area contributed by atoms with Gasteiger partial charge in [-0.25, -0.2) is 9.69 Å². The maximum Gasteiger partial charge on any atom is 0.325 e. The molecule has 5 amide bonds. The average Bonchev–Trinajstić information content (AvgIpc) is 3.36. The topological polar surface area (TPSA) is 103 Å². The van der Waals surface area contributed by atoms with E-state index in [0.717, 1.165) is 24.2 Å². The fraction of sp³-hybridized carbons (Fsp3) is 0.619. The van der Waals surface area contributed by atoms with Gasteiger partial charge in [-0.15, -0.1) is 0 Å². The van der Waals surface area contributed by atoms with Crippen molar-refractivity contribution in [1.29, 1.82) is 0 Å². The minimum absolute atomic E-state index is 0.0474. The number of hydrogen-bond acceptors (Lipinski definition) is 5. The molecular weight excluding hydrogens is 388 g/mol. The van der Waals surface area contributed by atoms with E-state index in [2.05, 4.69) is 5.32 Å². The van der Waals surface area contributed by atoms with Gasteiger partial charge in [0.05, 0.1) is 6.26 Å². The van der Waals surface area contributed by atoms with Crippen LogP contribution in [0.25, 0.3) is 0 Å². The normalized spacial score (nSPS) is 28.1. The van der Waals surface area contributed by atoms with Crippen molar-refractivity contribution in [2.75, 3.05) is 26.2 Å². The summed E-state index contributed by atoms with van der Waals surface area (Å²) < 4.78 is 5.16. The van der Waals surface area contributed by atoms with E-state index in [0.29, 0.717) is 32.6 Å². The molecule has 1 saturated carbocycles. The molecule has 1 N–H and O–H groups in total. The number of rotatable bonds is 3. The van der Waals surface area contributed by atoms with Crippen LogP contribution in [0, 0.1) is 5.92 Å². The second-order valence-electron chi connectivity index (χ2n) is 8.49. The molecule has 0 aromatic carbocycles. The van der Waals surface area contributed by atoms with E-state index in [9.17, 15) is 19.2 Å². The number of amides is 5. The highest BCUT2D eigenvalue weighted by molar-refractivity contribution is 6.10. The van der Waals surface area contributed by atoms with E-state index < -0.39 is 17.6 Å². The molecule has 4 rings (SSSR count). The average molecular weight is 416 g/mol. The second kappa shape index (κ2) is 7.77. The zero-order chi connectivity index (χ0) is 21.5. The van der Waals surface area contributed by atoms with E-state index in [-0.39, 0.29) is 29.4 Å². The van der Waals surface area contributed by atoms with Gasteiger partial charge in [-0.1, -0.05) is 19.8 Å². The van der Waals surface area contributed by atoms with Crippen molar-refractivity contribution in [1.82, 2.24) is 20.0 Å². The number of nitrogens with zero attached hydrogens (tertiary/aromatic N) is 3. The molecule has 3 aliphatic rings. The standard InChI is InChI=1S/C21H28N4O5/c1-14-6-3-4-8-21(14)19(28)25(20(29)22-21)15(2)17(26)23-9-11-24(12-10-23)18(27)16-7-5-13-30-16/h5,7,13-15H,3-4,6,8-12H2,1-2H3,(H,22,29)/t14-,15-,21+/m0/s1. The highest BCUT2D eigenvalue weighted by Crippen LogP contribution is 2.38. The Morgan fingerprint density at radius 2 is 1.87 bits per heavy atom. The van der Waals surface area contributed by atoms with Crippen LogP contribution in [-0.4, -0.2) is 76.2 Å². The molecule has 1 aromatic rings. The van der Waals surface area contributed by atoms with Crippen LogP contribution in [-0.2, 0) is 9.59 Å². The van der Waals surface area contributed by atoms with Gasteiger partial charge in [0.15, 0.2) is 5.76 Å². The number of hydrogen-bond donors (Lipinski definition) is 1. The number of imide groups is 1. The Morgan fingerprint density at radius 1 is 1.17 bits per heavy atom. The molecule has 1 spiro atoms. The zero-order valence-electron chi connectivity index (χ0n) is 17.4. The Bertz CT molecular complexity index is 846. The molecule has 162 valence electrons. The highest BCUT2D eigenvalue weighted by Gasteiger charge is 2.57. The summed E-state index contributed by atoms with van der Waals surface area (Å²) in [5, 5.41) is 2.90. The molecule has 1 aromatic heterocycles. The molecule has 2 aliphatic heterocycles. The Labute approximate surface area is 175 Å². The van der Waals surface area contributed by atoms with Gasteiger partial charge >= 0.3 is 6.03 Å². The summed E-state index contributed by atoms with van der Waals surface area (Å²) in [5.41, 5.74) is -0.877. The second-order valence-corrected chi connectivity index (χ2v) is 8.49. The van der Waals surface area contributed by atoms with Crippen molar-refractivity contribution >= 4 is 23.8 Å². The number of nitrogens with one attached hydrogen (secondary N) is 1. The third-order valence-electron chi connectivity index (χ3n) is 6.80. The lowest BCUT2D eigenvalue weighted by molar-refractivity contribution is -0.145. The van der Waals surface area contributed by atoms with Crippen molar-refractivity contribution < 1.29 is 23.6 Å². The summed E-state index contributed by atoms with van der Waals surface area (Å²) in [6, 6.07) is 1.91. The van der Waals surface area contributed by atoms with E-state index in [4.69, 9.17) is 4.42 Å². The van der Waals surface area contributed by atoms with E-state index >= 15 is 0 Å². The molecule has 0 bridgehead atoms. The van der Waals surface area contributed by atoms with E-state index in [1.54, 1.807) is 28.9 Å². The lowest BCUT2D eigenvalue weighted by atomic mass is 9.73. The number of urea groups is 1. The number of piperazine rings is 1. The van der Waals surface area contributed by atoms with Gasteiger partial charge in [0.2, 0.25) is 5.91 Å². The van der Waals surface area contributed by atoms with E-state index in [1.807, 2.05) is 6.92 Å². The predicted octanol–water partition coefficient (Wildman–Crippen LogP) is 1.45. The Hall–Kier alpha value is -2.84. The first-order chi connectivity index (χ1) is 14.3. The lowest BCUT2D eigenvalue weighted by Gasteiger charge is -2.38. The molecule has 9 heteroatoms. The van der Waals surface area contributed by atoms with Crippen LogP contribution >= 0.6 is 0 Å². The summed E-state index contributed by atoms with van der Waals surface area (Å²) in [6.45, 7) is 5.04. The Balaban J connectivity index is 1.40. The number of carbonyl (C=O) groups is 4. The first-order valence-electron chi connectivity index (χ1n) is 10.6. The minimum Gasteiger partial charge on any atom is -0.459 e. The van der Waals surface area contributed by atoms with Crippen LogP contribution in [0.5, 0.6) is 0 Å². The molecule has 3 atom stereocenters. The molecule has 3 heterocycles. The summed E-state index contributed by atoms with van der Waals surface area (Å²) >= 11 is 0. The Morgan fingerprint density at radius 3 is 2.50 bits per heavy atom. The molecule has 3 fully saturated rings. The van der Waals surface area contributed by atoms with Crippen LogP contribution < -0.4 is 5.32 Å². The first kappa shape index (κ1) is 20.4. The van der Waals surface area contributed by atoms with Crippen molar-refractivity contribution in [2.24, 2.45) is 5.92 Å². The van der Waals surface area contributed by atoms with Crippen molar-refractivity contribution in [3.05, 3.63) is 24.2 Å². The van der Waals surface area contributed by atoms with E-state index in [1.165, 1.54) is 6.26 Å². The zero-order valence-corrected chi connectivity index (χ0v) is 17.4. The van der Waals surface area contributed by atoms with Gasteiger partial charge in [0.1, 0.15) is 11.6 Å². The molecular formula is C21H28N4O5. The van der Waals surface area contributed by atoms with Gasteiger partial charge in [-0.2, -0.15) is 0 Å². The molecule has 2 saturated heterocycles. The summed E-state index contributed by atoms with van der Waals surface area (Å²) in [5.74, 6) is -0.445. The fourth-order valence-electron chi connectivity index (χ4n) is 4.87. The quantitative estimate of drug-likeness (QED) is 0.752. The smallest absolute Gasteiger partial charge is 0.325 e. The summed E-state index contributed by atoms with van der Waals surface area (Å²) in [6.07, 6.45) is 4.88. The van der Waals surface area contributed by atoms with Crippen molar-refractivity contribution in [3.8, 4) is 0 Å². The maximum atomic E-state index is 13.2. The molecule has 1 aliphatic carbocycles. The molecule has 0 radical (unpaired) electrons. The Kier molecular flexibility index (Phi) is 5.29. The fourth-order valence-corrected chi connectivity index (χ4v) is 4.87. The van der Waals surface area contributed by atoms with Gasteiger partial charge in [-0.3, -0.25) is 14.4 Å². The minimum atomic E-state index is -0.877. The van der Waals surface area contributed by atoms with Gasteiger partial charge in [0.25, 0.3) is 11.8 Å². The monoisotopic (exact) mass is 416 g/mol. The van der Waals surface area contributed by atoms with Crippen LogP contribution in [0.1, 0.15) is 50.1 Å². The predicted molar refractivity (Wildman–Crippen MR) is 106 cm³/mol. The first-order valence-corrected chi connectivity index (χ1v) is 10.6. The maximum absolute atomic E-state index is 13.2. The number of carbonyl (C=O) groups excluding carboxylic acids is 4. The van der Waals surface area contributed by atoms with Crippen molar-refractivity contribution in [2.45, 2.75) is 51.1 Å². The van der Waals surface area contributed by atoms with Crippen LogP contribution in [0.2, 0.25) is 0 Å². The molecule has 30 heavy (non-hydrogen) atoms. The molecule has 9 nitrogen and oxygen atoms in total. The lowest BCUT2D eigenvalue weighted by Crippen LogP contribution is -2.57. The SMILES string of the molecule is C[C@@H](C(=O)N1CCN(C(=O)c2ccco2)CC1)N1C(=O)N[C@@]2(CCCC[C@@H]2C)C1=O. The third kappa shape index (κ3) is 3.26. The summed E-state index contributed by atoms with van der Waals surface area (Å²) in [4.78, 5) is 55.7. The third-order valence-corrected chi connectivity index (χ3v) is 6.80. The van der Waals surface area contributed by atoms with Gasteiger partial charge < -0.3 is 19.5 Å². The van der Waals surface area contributed by atoms with Crippen LogP contribution in [0.15, 0.2) is 22.8 Å². The van der Waals surface area contributed by atoms with Gasteiger partial charge in [0, 0.05) is 26.2 Å². The molecule has 0 unspecified atom stereocenters.